The molecule has 0 spiro atoms. The Labute approximate surface area is 112 Å². The average Bonchev–Trinajstić information content (AvgIpc) is 2.33. The Morgan fingerprint density at radius 3 is 2.82 bits per heavy atom. The topological polar surface area (TPSA) is 58.3 Å². The predicted molar refractivity (Wildman–Crippen MR) is 75.1 cm³/mol. The van der Waals surface area contributed by atoms with Crippen molar-refractivity contribution in [3.63, 3.8) is 0 Å². The molecule has 1 aromatic carbocycles. The molecule has 0 bridgehead atoms. The second-order valence-electron chi connectivity index (χ2n) is 4.11. The van der Waals surface area contributed by atoms with E-state index in [9.17, 15) is 5.11 Å². The fraction of sp³-hybridized carbons (Fsp3) is 0.538. The molecule has 4 heteroatoms. The molecule has 0 fully saturated rings. The van der Waals surface area contributed by atoms with Crippen LogP contribution in [0, 0.1) is 0 Å². The fourth-order valence-electron chi connectivity index (χ4n) is 1.82. The summed E-state index contributed by atoms with van der Waals surface area (Å²) in [5.74, 6) is 0.353. The highest BCUT2D eigenvalue weighted by molar-refractivity contribution is 9.10. The summed E-state index contributed by atoms with van der Waals surface area (Å²) in [5.41, 5.74) is 6.41. The summed E-state index contributed by atoms with van der Waals surface area (Å²) in [6.45, 7) is 3.78. The molecule has 0 saturated heterocycles. The number of phenols is 1. The molecule has 17 heavy (non-hydrogen) atoms. The van der Waals surface area contributed by atoms with Gasteiger partial charge < -0.3 is 16.2 Å². The van der Waals surface area contributed by atoms with Gasteiger partial charge in [0.1, 0.15) is 5.75 Å². The van der Waals surface area contributed by atoms with E-state index in [0.717, 1.165) is 42.4 Å². The highest BCUT2D eigenvalue weighted by atomic mass is 79.9. The molecule has 3 nitrogen and oxygen atoms in total. The van der Waals surface area contributed by atoms with Crippen molar-refractivity contribution in [2.75, 3.05) is 13.1 Å². The summed E-state index contributed by atoms with van der Waals surface area (Å²) in [5, 5.41) is 13.3. The minimum Gasteiger partial charge on any atom is -0.508 e. The number of aromatic hydroxyl groups is 1. The Bertz CT molecular complexity index is 344. The van der Waals surface area contributed by atoms with Crippen LogP contribution in [0.1, 0.15) is 37.8 Å². The normalized spacial score (nSPS) is 12.6. The zero-order chi connectivity index (χ0) is 12.7. The maximum atomic E-state index is 9.86. The Morgan fingerprint density at radius 1 is 1.41 bits per heavy atom. The van der Waals surface area contributed by atoms with Gasteiger partial charge in [0.05, 0.1) is 0 Å². The minimum absolute atomic E-state index is 0.199. The number of halogens is 1. The van der Waals surface area contributed by atoms with Crippen LogP contribution in [0.4, 0.5) is 0 Å². The van der Waals surface area contributed by atoms with E-state index in [1.807, 2.05) is 12.1 Å². The first-order valence-corrected chi connectivity index (χ1v) is 6.90. The van der Waals surface area contributed by atoms with E-state index >= 15 is 0 Å². The highest BCUT2D eigenvalue weighted by Gasteiger charge is 2.12. The summed E-state index contributed by atoms with van der Waals surface area (Å²) < 4.78 is 0.993. The van der Waals surface area contributed by atoms with Gasteiger partial charge >= 0.3 is 0 Å². The number of benzene rings is 1. The van der Waals surface area contributed by atoms with Gasteiger partial charge in [0, 0.05) is 16.1 Å². The lowest BCUT2D eigenvalue weighted by atomic mass is 10.0. The molecule has 0 aliphatic heterocycles. The molecule has 0 saturated carbocycles. The average molecular weight is 301 g/mol. The molecule has 1 unspecified atom stereocenters. The molecule has 0 heterocycles. The third kappa shape index (κ3) is 4.66. The first-order chi connectivity index (χ1) is 8.19. The quantitative estimate of drug-likeness (QED) is 0.679. The first-order valence-electron chi connectivity index (χ1n) is 6.11. The Kier molecular flexibility index (Phi) is 6.55. The van der Waals surface area contributed by atoms with Gasteiger partial charge in [-0.3, -0.25) is 0 Å². The standard InChI is InChI=1S/C13H21BrN2O/c1-2-12(16-8-4-3-7-15)11-9-10(14)5-6-13(11)17/h5-6,9,12,16-17H,2-4,7-8,15H2,1H3. The van der Waals surface area contributed by atoms with Crippen molar-refractivity contribution in [1.82, 2.24) is 5.32 Å². The van der Waals surface area contributed by atoms with Gasteiger partial charge in [-0.1, -0.05) is 22.9 Å². The molecule has 0 aliphatic carbocycles. The van der Waals surface area contributed by atoms with Gasteiger partial charge in [-0.05, 0) is 50.6 Å². The summed E-state index contributed by atoms with van der Waals surface area (Å²) in [6.07, 6.45) is 3.06. The number of unbranched alkanes of at least 4 members (excludes halogenated alkanes) is 1. The predicted octanol–water partition coefficient (Wildman–Crippen LogP) is 2.93. The lowest BCUT2D eigenvalue weighted by Gasteiger charge is -2.18. The van der Waals surface area contributed by atoms with E-state index in [4.69, 9.17) is 5.73 Å². The van der Waals surface area contributed by atoms with Crippen LogP contribution in [0.3, 0.4) is 0 Å². The Hall–Kier alpha value is -0.580. The molecule has 0 aliphatic rings. The monoisotopic (exact) mass is 300 g/mol. The lowest BCUT2D eigenvalue weighted by Crippen LogP contribution is -2.22. The lowest BCUT2D eigenvalue weighted by molar-refractivity contribution is 0.438. The van der Waals surface area contributed by atoms with Gasteiger partial charge in [0.25, 0.3) is 0 Å². The van der Waals surface area contributed by atoms with Crippen LogP contribution in [0.5, 0.6) is 5.75 Å². The van der Waals surface area contributed by atoms with E-state index in [0.29, 0.717) is 5.75 Å². The van der Waals surface area contributed by atoms with Crippen molar-refractivity contribution >= 4 is 15.9 Å². The first kappa shape index (κ1) is 14.5. The molecule has 0 amide bonds. The van der Waals surface area contributed by atoms with Gasteiger partial charge in [0.15, 0.2) is 0 Å². The summed E-state index contributed by atoms with van der Waals surface area (Å²) in [6, 6.07) is 5.74. The maximum Gasteiger partial charge on any atom is 0.120 e. The maximum absolute atomic E-state index is 9.86. The minimum atomic E-state index is 0.199. The molecule has 1 aromatic rings. The van der Waals surface area contributed by atoms with Crippen LogP contribution in [-0.2, 0) is 0 Å². The van der Waals surface area contributed by atoms with Crippen LogP contribution in [0.25, 0.3) is 0 Å². The second kappa shape index (κ2) is 7.69. The summed E-state index contributed by atoms with van der Waals surface area (Å²) in [7, 11) is 0. The van der Waals surface area contributed by atoms with E-state index in [1.165, 1.54) is 0 Å². The number of rotatable bonds is 7. The third-order valence-corrected chi connectivity index (χ3v) is 3.29. The van der Waals surface area contributed by atoms with Gasteiger partial charge in [-0.25, -0.2) is 0 Å². The van der Waals surface area contributed by atoms with E-state index in [1.54, 1.807) is 6.07 Å². The molecular weight excluding hydrogens is 280 g/mol. The molecular formula is C13H21BrN2O. The van der Waals surface area contributed by atoms with Crippen molar-refractivity contribution < 1.29 is 5.11 Å². The third-order valence-electron chi connectivity index (χ3n) is 2.79. The van der Waals surface area contributed by atoms with Gasteiger partial charge in [0.2, 0.25) is 0 Å². The van der Waals surface area contributed by atoms with Crippen molar-refractivity contribution in [2.45, 2.75) is 32.2 Å². The van der Waals surface area contributed by atoms with Gasteiger partial charge in [-0.15, -0.1) is 0 Å². The molecule has 4 N–H and O–H groups in total. The van der Waals surface area contributed by atoms with Crippen LogP contribution < -0.4 is 11.1 Å². The molecule has 96 valence electrons. The molecule has 1 rings (SSSR count). The van der Waals surface area contributed by atoms with Crippen molar-refractivity contribution in [3.05, 3.63) is 28.2 Å². The number of hydrogen-bond acceptors (Lipinski definition) is 3. The fourth-order valence-corrected chi connectivity index (χ4v) is 2.20. The number of nitrogens with one attached hydrogen (secondary N) is 1. The number of nitrogens with two attached hydrogens (primary N) is 1. The Balaban J connectivity index is 2.62. The summed E-state index contributed by atoms with van der Waals surface area (Å²) >= 11 is 3.43. The number of phenolic OH excluding ortho intramolecular Hbond substituents is 1. The van der Waals surface area contributed by atoms with Crippen molar-refractivity contribution in [2.24, 2.45) is 5.73 Å². The Morgan fingerprint density at radius 2 is 2.18 bits per heavy atom. The SMILES string of the molecule is CCC(NCCCCN)c1cc(Br)ccc1O. The van der Waals surface area contributed by atoms with Crippen molar-refractivity contribution in [3.8, 4) is 5.75 Å². The van der Waals surface area contributed by atoms with E-state index in [-0.39, 0.29) is 6.04 Å². The zero-order valence-electron chi connectivity index (χ0n) is 10.2. The second-order valence-corrected chi connectivity index (χ2v) is 5.03. The van der Waals surface area contributed by atoms with Crippen molar-refractivity contribution in [1.29, 1.82) is 0 Å². The molecule has 0 aromatic heterocycles. The van der Waals surface area contributed by atoms with Crippen LogP contribution in [-0.4, -0.2) is 18.2 Å². The van der Waals surface area contributed by atoms with Crippen LogP contribution >= 0.6 is 15.9 Å². The smallest absolute Gasteiger partial charge is 0.120 e. The number of hydrogen-bond donors (Lipinski definition) is 3. The molecule has 0 radical (unpaired) electrons. The molecule has 1 atom stereocenters. The summed E-state index contributed by atoms with van der Waals surface area (Å²) in [4.78, 5) is 0. The van der Waals surface area contributed by atoms with Gasteiger partial charge in [-0.2, -0.15) is 0 Å². The highest BCUT2D eigenvalue weighted by Crippen LogP contribution is 2.29. The zero-order valence-corrected chi connectivity index (χ0v) is 11.8. The largest absolute Gasteiger partial charge is 0.508 e. The van der Waals surface area contributed by atoms with E-state index in [2.05, 4.69) is 28.2 Å². The van der Waals surface area contributed by atoms with Crippen LogP contribution in [0.15, 0.2) is 22.7 Å². The van der Waals surface area contributed by atoms with Crippen LogP contribution in [0.2, 0.25) is 0 Å². The van der Waals surface area contributed by atoms with E-state index < -0.39 is 0 Å².